The molecule has 13 nitrogen and oxygen atoms in total. The number of carbonyl (C=O) groups excluding carboxylic acids is 4. The highest BCUT2D eigenvalue weighted by Gasteiger charge is 2.54. The van der Waals surface area contributed by atoms with Crippen LogP contribution in [0.15, 0.2) is 48.9 Å². The first-order chi connectivity index (χ1) is 19.0. The van der Waals surface area contributed by atoms with E-state index in [2.05, 4.69) is 25.9 Å². The summed E-state index contributed by atoms with van der Waals surface area (Å²) in [6, 6.07) is 7.94. The van der Waals surface area contributed by atoms with Gasteiger partial charge in [-0.3, -0.25) is 29.0 Å². The molecule has 1 fully saturated rings. The molecule has 0 bridgehead atoms. The van der Waals surface area contributed by atoms with Crippen LogP contribution in [0.4, 0.5) is 0 Å². The quantitative estimate of drug-likeness (QED) is 0.266. The van der Waals surface area contributed by atoms with E-state index in [1.165, 1.54) is 25.6 Å². The van der Waals surface area contributed by atoms with E-state index in [-0.39, 0.29) is 24.5 Å². The van der Waals surface area contributed by atoms with Gasteiger partial charge in [0.2, 0.25) is 5.91 Å². The van der Waals surface area contributed by atoms with E-state index < -0.39 is 67.2 Å². The predicted molar refractivity (Wildman–Crippen MR) is 141 cm³/mol. The first kappa shape index (κ1) is 30.2. The topological polar surface area (TPSA) is 186 Å². The molecular weight excluding hydrogens is 521 g/mol. The number of hydrogen-bond acceptors (Lipinski definition) is 9. The van der Waals surface area contributed by atoms with E-state index in [0.717, 1.165) is 5.56 Å². The van der Waals surface area contributed by atoms with Crippen LogP contribution in [0.25, 0.3) is 0 Å². The zero-order valence-electron chi connectivity index (χ0n) is 22.5. The standard InChI is InChI=1S/C26H32BN5O8/c1-16(2)11-20(27-39-22(35)14-26(40-27,13-21(33)34)25(38)28-3)32-23(36)18(12-17-7-5-4-6-8-17)31-24(37)19-15-29-9-10-30-19/h4-10,15-16,18,20H,11-14H2,1-3H3,(H,28,38)(H,31,37)(H,32,36)(H,33,34)/t18-,20-,26+/m0/s1. The molecule has 2 heterocycles. The van der Waals surface area contributed by atoms with Crippen LogP contribution in [0.1, 0.15) is 49.2 Å². The van der Waals surface area contributed by atoms with Crippen LogP contribution < -0.4 is 16.0 Å². The van der Waals surface area contributed by atoms with E-state index in [4.69, 9.17) is 9.31 Å². The Kier molecular flexibility index (Phi) is 10.3. The van der Waals surface area contributed by atoms with E-state index >= 15 is 0 Å². The highest BCUT2D eigenvalue weighted by molar-refractivity contribution is 6.50. The molecule has 0 unspecified atom stereocenters. The fourth-order valence-electron chi connectivity index (χ4n) is 4.38. The van der Waals surface area contributed by atoms with Gasteiger partial charge in [-0.1, -0.05) is 44.2 Å². The third-order valence-electron chi connectivity index (χ3n) is 6.18. The number of carbonyl (C=O) groups is 5. The van der Waals surface area contributed by atoms with Crippen LogP contribution in [0.2, 0.25) is 0 Å². The van der Waals surface area contributed by atoms with Crippen molar-refractivity contribution in [2.45, 2.75) is 57.1 Å². The van der Waals surface area contributed by atoms with Crippen molar-refractivity contribution in [3.05, 3.63) is 60.2 Å². The molecule has 0 radical (unpaired) electrons. The van der Waals surface area contributed by atoms with Gasteiger partial charge in [0.15, 0.2) is 5.60 Å². The largest absolute Gasteiger partial charge is 0.552 e. The number of aromatic nitrogens is 2. The number of carboxylic acids is 1. The van der Waals surface area contributed by atoms with Gasteiger partial charge >= 0.3 is 13.1 Å². The molecule has 1 aromatic heterocycles. The van der Waals surface area contributed by atoms with Crippen molar-refractivity contribution in [3.8, 4) is 0 Å². The molecule has 3 atom stereocenters. The Balaban J connectivity index is 1.89. The van der Waals surface area contributed by atoms with Crippen molar-refractivity contribution >= 4 is 36.8 Å². The molecular formula is C26H32BN5O8. The molecule has 0 spiro atoms. The highest BCUT2D eigenvalue weighted by atomic mass is 16.6. The van der Waals surface area contributed by atoms with Crippen molar-refractivity contribution < 1.29 is 38.4 Å². The number of hydrogen-bond donors (Lipinski definition) is 4. The first-order valence-corrected chi connectivity index (χ1v) is 12.8. The number of nitrogens with one attached hydrogen (secondary N) is 3. The van der Waals surface area contributed by atoms with Gasteiger partial charge in [-0.2, -0.15) is 0 Å². The monoisotopic (exact) mass is 553 g/mol. The van der Waals surface area contributed by atoms with Crippen LogP contribution in [-0.2, 0) is 34.9 Å². The van der Waals surface area contributed by atoms with Crippen molar-refractivity contribution in [2.24, 2.45) is 5.92 Å². The zero-order valence-corrected chi connectivity index (χ0v) is 22.5. The Bertz CT molecular complexity index is 1210. The van der Waals surface area contributed by atoms with Crippen LogP contribution in [0.5, 0.6) is 0 Å². The lowest BCUT2D eigenvalue weighted by atomic mass is 9.70. The van der Waals surface area contributed by atoms with E-state index in [9.17, 15) is 29.1 Å². The third-order valence-corrected chi connectivity index (χ3v) is 6.18. The summed E-state index contributed by atoms with van der Waals surface area (Å²) in [6.45, 7) is 3.73. The number of amides is 3. The Morgan fingerprint density at radius 3 is 2.45 bits per heavy atom. The second-order valence-electron chi connectivity index (χ2n) is 9.85. The number of nitrogens with zero attached hydrogens (tertiary/aromatic N) is 2. The molecule has 2 aromatic rings. The van der Waals surface area contributed by atoms with Gasteiger partial charge in [0, 0.05) is 25.9 Å². The van der Waals surface area contributed by atoms with Gasteiger partial charge in [-0.15, -0.1) is 0 Å². The van der Waals surface area contributed by atoms with Crippen LogP contribution >= 0.6 is 0 Å². The Labute approximate surface area is 231 Å². The van der Waals surface area contributed by atoms with Gasteiger partial charge < -0.3 is 30.4 Å². The van der Waals surface area contributed by atoms with Crippen molar-refractivity contribution in [2.75, 3.05) is 7.05 Å². The lowest BCUT2D eigenvalue weighted by molar-refractivity contribution is -0.164. The van der Waals surface area contributed by atoms with Crippen LogP contribution in [0, 0.1) is 5.92 Å². The van der Waals surface area contributed by atoms with Crippen LogP contribution in [0.3, 0.4) is 0 Å². The highest BCUT2D eigenvalue weighted by Crippen LogP contribution is 2.30. The maximum absolute atomic E-state index is 13.6. The average Bonchev–Trinajstić information content (AvgIpc) is 2.91. The summed E-state index contributed by atoms with van der Waals surface area (Å²) in [7, 11) is -0.164. The molecule has 0 saturated carbocycles. The number of aliphatic carboxylic acids is 1. The lowest BCUT2D eigenvalue weighted by Crippen LogP contribution is -2.64. The molecule has 0 aliphatic carbocycles. The lowest BCUT2D eigenvalue weighted by Gasteiger charge is -2.39. The fraction of sp³-hybridized carbons (Fsp3) is 0.423. The molecule has 4 N–H and O–H groups in total. The van der Waals surface area contributed by atoms with Gasteiger partial charge in [-0.25, -0.2) is 4.98 Å². The van der Waals surface area contributed by atoms with E-state index in [1.807, 2.05) is 19.9 Å². The molecule has 1 saturated heterocycles. The summed E-state index contributed by atoms with van der Waals surface area (Å²) in [5.41, 5.74) is -1.24. The van der Waals surface area contributed by atoms with E-state index in [0.29, 0.717) is 0 Å². The minimum absolute atomic E-state index is 0.0145. The van der Waals surface area contributed by atoms with Gasteiger partial charge in [0.25, 0.3) is 17.8 Å². The summed E-state index contributed by atoms with van der Waals surface area (Å²) >= 11 is 0. The number of likely N-dealkylation sites (N-methyl/N-ethyl adjacent to an activating group) is 1. The maximum Gasteiger partial charge on any atom is 0.552 e. The van der Waals surface area contributed by atoms with E-state index in [1.54, 1.807) is 24.3 Å². The minimum Gasteiger partial charge on any atom is -0.508 e. The summed E-state index contributed by atoms with van der Waals surface area (Å²) in [5, 5.41) is 17.3. The predicted octanol–water partition coefficient (Wildman–Crippen LogP) is 0.299. The number of benzene rings is 1. The SMILES string of the molecule is CNC(=O)[C@@]1(CC(=O)O)CC(=O)OB([C@H](CC(C)C)NC(=O)[C@H](Cc2ccccc2)NC(=O)c2cnccn2)O1. The van der Waals surface area contributed by atoms with Gasteiger partial charge in [0.1, 0.15) is 11.7 Å². The summed E-state index contributed by atoms with van der Waals surface area (Å²) in [6.07, 6.45) is 3.01. The van der Waals surface area contributed by atoms with Gasteiger partial charge in [-0.05, 0) is 17.9 Å². The minimum atomic E-state index is -2.02. The summed E-state index contributed by atoms with van der Waals surface area (Å²) in [4.78, 5) is 71.2. The number of carboxylic acid groups (broad SMARTS) is 1. The molecule has 3 amide bonds. The molecule has 3 rings (SSSR count). The summed E-state index contributed by atoms with van der Waals surface area (Å²) < 4.78 is 11.2. The first-order valence-electron chi connectivity index (χ1n) is 12.8. The fourth-order valence-corrected chi connectivity index (χ4v) is 4.38. The smallest absolute Gasteiger partial charge is 0.508 e. The molecule has 14 heteroatoms. The normalized spacial score (nSPS) is 18.3. The second-order valence-corrected chi connectivity index (χ2v) is 9.85. The molecule has 212 valence electrons. The zero-order chi connectivity index (χ0) is 29.3. The molecule has 40 heavy (non-hydrogen) atoms. The van der Waals surface area contributed by atoms with Crippen molar-refractivity contribution in [3.63, 3.8) is 0 Å². The Morgan fingerprint density at radius 2 is 1.85 bits per heavy atom. The molecule has 1 aliphatic rings. The third kappa shape index (κ3) is 8.09. The maximum atomic E-state index is 13.6. The molecule has 1 aliphatic heterocycles. The summed E-state index contributed by atoms with van der Waals surface area (Å²) in [5.74, 6) is -5.24. The molecule has 1 aromatic carbocycles. The van der Waals surface area contributed by atoms with Gasteiger partial charge in [0.05, 0.1) is 25.0 Å². The Morgan fingerprint density at radius 1 is 1.12 bits per heavy atom. The number of rotatable bonds is 12. The second kappa shape index (κ2) is 13.6. The average molecular weight is 553 g/mol. The van der Waals surface area contributed by atoms with Crippen molar-refractivity contribution in [1.82, 2.24) is 25.9 Å². The van der Waals surface area contributed by atoms with Crippen LogP contribution in [-0.4, -0.2) is 76.5 Å². The Hall–Kier alpha value is -4.33. The van der Waals surface area contributed by atoms with Crippen molar-refractivity contribution in [1.29, 1.82) is 0 Å².